The van der Waals surface area contributed by atoms with E-state index in [-0.39, 0.29) is 6.54 Å². The Hall–Kier alpha value is -2.58. The van der Waals surface area contributed by atoms with Crippen LogP contribution in [0.1, 0.15) is 18.5 Å². The molecule has 2 aromatic rings. The molecule has 0 aliphatic heterocycles. The average molecular weight is 386 g/mol. The van der Waals surface area contributed by atoms with Crippen molar-refractivity contribution in [2.24, 2.45) is 4.99 Å². The molecule has 0 saturated carbocycles. The van der Waals surface area contributed by atoms with Gasteiger partial charge in [0.2, 0.25) is 0 Å². The molecule has 0 atom stereocenters. The number of nitrogens with zero attached hydrogens (tertiary/aromatic N) is 1. The number of hydrogen-bond donors (Lipinski definition) is 3. The molecule has 150 valence electrons. The second-order valence-corrected chi connectivity index (χ2v) is 5.98. The fraction of sp³-hybridized carbons (Fsp3) is 0.500. The lowest BCUT2D eigenvalue weighted by Crippen LogP contribution is -2.39. The Morgan fingerprint density at radius 3 is 2.48 bits per heavy atom. The average Bonchev–Trinajstić information content (AvgIpc) is 3.04. The van der Waals surface area contributed by atoms with E-state index < -0.39 is 12.6 Å². The second-order valence-electron chi connectivity index (χ2n) is 5.98. The lowest BCUT2D eigenvalue weighted by molar-refractivity contribution is -0.132. The van der Waals surface area contributed by atoms with Gasteiger partial charge >= 0.3 is 6.18 Å². The van der Waals surface area contributed by atoms with Gasteiger partial charge < -0.3 is 25.1 Å². The van der Waals surface area contributed by atoms with Crippen LogP contribution in [0.4, 0.5) is 13.2 Å². The van der Waals surface area contributed by atoms with E-state index in [1.165, 1.54) is 7.05 Å². The topological polar surface area (TPSA) is 70.7 Å². The summed E-state index contributed by atoms with van der Waals surface area (Å²) in [5, 5.41) is 6.65. The fourth-order valence-electron chi connectivity index (χ4n) is 2.69. The van der Waals surface area contributed by atoms with Crippen molar-refractivity contribution in [3.63, 3.8) is 0 Å². The van der Waals surface area contributed by atoms with Gasteiger partial charge in [0.1, 0.15) is 11.5 Å². The number of methoxy groups -OCH3 is 2. The highest BCUT2D eigenvalue weighted by atomic mass is 19.4. The third kappa shape index (κ3) is 6.26. The van der Waals surface area contributed by atoms with Gasteiger partial charge in [0.15, 0.2) is 5.96 Å². The lowest BCUT2D eigenvalue weighted by Gasteiger charge is -2.12. The SMILES string of the molecule is CN=C(NCCCc1cc2c(OC)cc(OC)cc2[nH]1)NCCC(F)(F)F. The van der Waals surface area contributed by atoms with Crippen LogP contribution >= 0.6 is 0 Å². The lowest BCUT2D eigenvalue weighted by atomic mass is 10.2. The quantitative estimate of drug-likeness (QED) is 0.370. The summed E-state index contributed by atoms with van der Waals surface area (Å²) < 4.78 is 47.2. The zero-order valence-corrected chi connectivity index (χ0v) is 15.7. The first-order valence-corrected chi connectivity index (χ1v) is 8.61. The van der Waals surface area contributed by atoms with E-state index in [1.807, 2.05) is 18.2 Å². The van der Waals surface area contributed by atoms with Crippen LogP contribution in [0.3, 0.4) is 0 Å². The highest BCUT2D eigenvalue weighted by molar-refractivity contribution is 5.88. The third-order valence-electron chi connectivity index (χ3n) is 4.02. The number of aliphatic imine (C=N–C) groups is 1. The third-order valence-corrected chi connectivity index (χ3v) is 4.02. The molecule has 3 N–H and O–H groups in total. The maximum Gasteiger partial charge on any atom is 0.390 e. The summed E-state index contributed by atoms with van der Waals surface area (Å²) in [5.41, 5.74) is 1.97. The number of fused-ring (bicyclic) bond motifs is 1. The predicted octanol–water partition coefficient (Wildman–Crippen LogP) is 3.24. The first-order valence-electron chi connectivity index (χ1n) is 8.61. The monoisotopic (exact) mass is 386 g/mol. The number of guanidine groups is 1. The highest BCUT2D eigenvalue weighted by Crippen LogP contribution is 2.31. The summed E-state index contributed by atoms with van der Waals surface area (Å²) in [7, 11) is 4.74. The van der Waals surface area contributed by atoms with Crippen molar-refractivity contribution in [1.29, 1.82) is 0 Å². The standard InChI is InChI=1S/C18H25F3N4O2/c1-22-17(24-8-6-18(19,20)21)23-7-4-5-12-9-14-15(25-12)10-13(26-2)11-16(14)27-3/h9-11,25H,4-8H2,1-3H3,(H2,22,23,24). The molecule has 0 spiro atoms. The summed E-state index contributed by atoms with van der Waals surface area (Å²) >= 11 is 0. The summed E-state index contributed by atoms with van der Waals surface area (Å²) in [6, 6.07) is 5.77. The Labute approximate surface area is 156 Å². The molecule has 9 heteroatoms. The van der Waals surface area contributed by atoms with E-state index in [9.17, 15) is 13.2 Å². The van der Waals surface area contributed by atoms with Gasteiger partial charge in [-0.2, -0.15) is 13.2 Å². The number of aromatic amines is 1. The second kappa shape index (κ2) is 9.38. The number of H-pyrrole nitrogens is 1. The molecule has 1 aromatic heterocycles. The van der Waals surface area contributed by atoms with Crippen LogP contribution in [0.25, 0.3) is 10.9 Å². The Bertz CT molecular complexity index is 772. The minimum Gasteiger partial charge on any atom is -0.497 e. The zero-order valence-electron chi connectivity index (χ0n) is 15.7. The van der Waals surface area contributed by atoms with Crippen molar-refractivity contribution in [1.82, 2.24) is 15.6 Å². The first kappa shape index (κ1) is 20.7. The van der Waals surface area contributed by atoms with E-state index in [4.69, 9.17) is 9.47 Å². The summed E-state index contributed by atoms with van der Waals surface area (Å²) in [4.78, 5) is 7.26. The number of aryl methyl sites for hydroxylation is 1. The van der Waals surface area contributed by atoms with E-state index in [0.29, 0.717) is 18.3 Å². The molecule has 2 rings (SSSR count). The molecule has 0 unspecified atom stereocenters. The van der Waals surface area contributed by atoms with E-state index in [2.05, 4.69) is 20.6 Å². The van der Waals surface area contributed by atoms with Crippen molar-refractivity contribution in [3.05, 3.63) is 23.9 Å². The molecular formula is C18H25F3N4O2. The van der Waals surface area contributed by atoms with E-state index in [1.54, 1.807) is 14.2 Å². The number of rotatable bonds is 8. The van der Waals surface area contributed by atoms with Crippen LogP contribution in [-0.4, -0.2) is 51.5 Å². The molecule has 0 aliphatic rings. The molecule has 0 radical (unpaired) electrons. The maximum atomic E-state index is 12.2. The molecule has 0 bridgehead atoms. The number of hydrogen-bond acceptors (Lipinski definition) is 3. The molecule has 6 nitrogen and oxygen atoms in total. The van der Waals surface area contributed by atoms with Gasteiger partial charge in [-0.05, 0) is 18.9 Å². The molecule has 0 fully saturated rings. The van der Waals surface area contributed by atoms with Crippen LogP contribution in [0.15, 0.2) is 23.2 Å². The summed E-state index contributed by atoms with van der Waals surface area (Å²) in [5.74, 6) is 1.81. The van der Waals surface area contributed by atoms with Crippen LogP contribution in [0.5, 0.6) is 11.5 Å². The van der Waals surface area contributed by atoms with Crippen molar-refractivity contribution >= 4 is 16.9 Å². The maximum absolute atomic E-state index is 12.2. The first-order chi connectivity index (χ1) is 12.9. The smallest absolute Gasteiger partial charge is 0.390 e. The van der Waals surface area contributed by atoms with Crippen molar-refractivity contribution in [2.75, 3.05) is 34.4 Å². The Balaban J connectivity index is 1.84. The van der Waals surface area contributed by atoms with Gasteiger partial charge in [0, 0.05) is 43.4 Å². The van der Waals surface area contributed by atoms with Gasteiger partial charge in [-0.1, -0.05) is 0 Å². The zero-order chi connectivity index (χ0) is 19.9. The van der Waals surface area contributed by atoms with Crippen LogP contribution in [0.2, 0.25) is 0 Å². The number of nitrogens with one attached hydrogen (secondary N) is 3. The van der Waals surface area contributed by atoms with Crippen LogP contribution < -0.4 is 20.1 Å². The molecule has 0 saturated heterocycles. The Morgan fingerprint density at radius 1 is 1.11 bits per heavy atom. The van der Waals surface area contributed by atoms with Crippen LogP contribution in [0, 0.1) is 0 Å². The van der Waals surface area contributed by atoms with Crippen molar-refractivity contribution in [2.45, 2.75) is 25.4 Å². The van der Waals surface area contributed by atoms with Gasteiger partial charge in [-0.25, -0.2) is 0 Å². The van der Waals surface area contributed by atoms with Gasteiger partial charge in [0.25, 0.3) is 0 Å². The largest absolute Gasteiger partial charge is 0.497 e. The van der Waals surface area contributed by atoms with Crippen molar-refractivity contribution in [3.8, 4) is 11.5 Å². The number of ether oxygens (including phenoxy) is 2. The Morgan fingerprint density at radius 2 is 1.85 bits per heavy atom. The highest BCUT2D eigenvalue weighted by Gasteiger charge is 2.26. The van der Waals surface area contributed by atoms with E-state index in [0.717, 1.165) is 35.2 Å². The van der Waals surface area contributed by atoms with Gasteiger partial charge in [0.05, 0.1) is 26.2 Å². The molecular weight excluding hydrogens is 361 g/mol. The number of benzene rings is 1. The molecule has 1 aromatic carbocycles. The van der Waals surface area contributed by atoms with Gasteiger partial charge in [-0.3, -0.25) is 4.99 Å². The van der Waals surface area contributed by atoms with Crippen molar-refractivity contribution < 1.29 is 22.6 Å². The number of alkyl halides is 3. The van der Waals surface area contributed by atoms with Crippen LogP contribution in [-0.2, 0) is 6.42 Å². The molecule has 1 heterocycles. The predicted molar refractivity (Wildman–Crippen MR) is 99.8 cm³/mol. The van der Waals surface area contributed by atoms with E-state index >= 15 is 0 Å². The minimum absolute atomic E-state index is 0.202. The number of halogens is 3. The number of aromatic nitrogens is 1. The molecule has 0 aliphatic carbocycles. The van der Waals surface area contributed by atoms with Gasteiger partial charge in [-0.15, -0.1) is 0 Å². The summed E-state index contributed by atoms with van der Waals surface area (Å²) in [6.45, 7) is 0.383. The normalized spacial score (nSPS) is 12.3. The molecule has 0 amide bonds. The summed E-state index contributed by atoms with van der Waals surface area (Å²) in [6.07, 6.45) is -3.52. The Kier molecular flexibility index (Phi) is 7.20. The minimum atomic E-state index is -4.18. The fourth-order valence-corrected chi connectivity index (χ4v) is 2.69. The molecule has 27 heavy (non-hydrogen) atoms.